The lowest BCUT2D eigenvalue weighted by molar-refractivity contribution is 0.199. The summed E-state index contributed by atoms with van der Waals surface area (Å²) in [5.74, 6) is 0.222. The molecule has 120 valence electrons. The van der Waals surface area contributed by atoms with Crippen molar-refractivity contribution in [1.82, 2.24) is 10.0 Å². The van der Waals surface area contributed by atoms with Gasteiger partial charge in [-0.1, -0.05) is 11.6 Å². The first-order valence-corrected chi connectivity index (χ1v) is 8.80. The third-order valence-corrected chi connectivity index (χ3v) is 4.82. The zero-order chi connectivity index (χ0) is 15.9. The summed E-state index contributed by atoms with van der Waals surface area (Å²) in [7, 11) is -0.695. The molecule has 2 N–H and O–H groups in total. The Balaban J connectivity index is 2.74. The van der Waals surface area contributed by atoms with Gasteiger partial charge in [0.1, 0.15) is 4.90 Å². The minimum Gasteiger partial charge on any atom is -0.494 e. The predicted octanol–water partition coefficient (Wildman–Crippen LogP) is 1.63. The molecule has 0 saturated carbocycles. The van der Waals surface area contributed by atoms with Crippen LogP contribution in [0.2, 0.25) is 5.02 Å². The second-order valence-corrected chi connectivity index (χ2v) is 7.09. The highest BCUT2D eigenvalue weighted by molar-refractivity contribution is 9.10. The van der Waals surface area contributed by atoms with Crippen LogP contribution in [0, 0.1) is 0 Å². The van der Waals surface area contributed by atoms with E-state index in [2.05, 4.69) is 26.0 Å². The van der Waals surface area contributed by atoms with Crippen LogP contribution in [0.15, 0.2) is 21.5 Å². The van der Waals surface area contributed by atoms with E-state index in [0.29, 0.717) is 29.2 Å². The lowest BCUT2D eigenvalue weighted by Gasteiger charge is -2.13. The number of sulfonamides is 1. The summed E-state index contributed by atoms with van der Waals surface area (Å²) >= 11 is 9.13. The Kier molecular flexibility index (Phi) is 7.93. The molecule has 1 aromatic carbocycles. The van der Waals surface area contributed by atoms with Crippen LogP contribution in [0.5, 0.6) is 5.75 Å². The van der Waals surface area contributed by atoms with Gasteiger partial charge < -0.3 is 14.8 Å². The highest BCUT2D eigenvalue weighted by atomic mass is 79.9. The number of methoxy groups -OCH3 is 2. The van der Waals surface area contributed by atoms with Crippen molar-refractivity contribution >= 4 is 37.6 Å². The SMILES string of the molecule is COCCNCCNS(=O)(=O)c1cc(Cl)cc(Br)c1OC. The third-order valence-electron chi connectivity index (χ3n) is 2.54. The fraction of sp³-hybridized carbons (Fsp3) is 0.500. The highest BCUT2D eigenvalue weighted by Crippen LogP contribution is 2.35. The van der Waals surface area contributed by atoms with Crippen molar-refractivity contribution < 1.29 is 17.9 Å². The molecule has 0 radical (unpaired) electrons. The molecule has 6 nitrogen and oxygen atoms in total. The minimum atomic E-state index is -3.70. The van der Waals surface area contributed by atoms with E-state index in [0.717, 1.165) is 0 Å². The lowest BCUT2D eigenvalue weighted by Crippen LogP contribution is -2.33. The summed E-state index contributed by atoms with van der Waals surface area (Å²) < 4.78 is 37.5. The molecule has 0 bridgehead atoms. The average Bonchev–Trinajstić information content (AvgIpc) is 2.42. The van der Waals surface area contributed by atoms with Crippen molar-refractivity contribution in [2.45, 2.75) is 4.90 Å². The maximum atomic E-state index is 12.3. The molecule has 0 aromatic heterocycles. The topological polar surface area (TPSA) is 76.7 Å². The van der Waals surface area contributed by atoms with Crippen molar-refractivity contribution in [3.05, 3.63) is 21.6 Å². The van der Waals surface area contributed by atoms with E-state index in [1.165, 1.54) is 13.2 Å². The van der Waals surface area contributed by atoms with E-state index in [-0.39, 0.29) is 17.2 Å². The third kappa shape index (κ3) is 5.72. The largest absolute Gasteiger partial charge is 0.494 e. The molecule has 0 aliphatic carbocycles. The molecule has 0 aliphatic rings. The Labute approximate surface area is 138 Å². The maximum Gasteiger partial charge on any atom is 0.244 e. The number of hydrogen-bond donors (Lipinski definition) is 2. The molecule has 1 rings (SSSR count). The highest BCUT2D eigenvalue weighted by Gasteiger charge is 2.22. The number of hydrogen-bond acceptors (Lipinski definition) is 5. The van der Waals surface area contributed by atoms with Gasteiger partial charge >= 0.3 is 0 Å². The van der Waals surface area contributed by atoms with E-state index >= 15 is 0 Å². The first-order valence-electron chi connectivity index (χ1n) is 6.14. The second-order valence-electron chi connectivity index (χ2n) is 4.06. The summed E-state index contributed by atoms with van der Waals surface area (Å²) in [5, 5.41) is 3.35. The van der Waals surface area contributed by atoms with Crippen LogP contribution in [0.3, 0.4) is 0 Å². The van der Waals surface area contributed by atoms with Gasteiger partial charge in [0.05, 0.1) is 18.2 Å². The smallest absolute Gasteiger partial charge is 0.244 e. The molecule has 0 fully saturated rings. The fourth-order valence-corrected chi connectivity index (χ4v) is 4.00. The van der Waals surface area contributed by atoms with Crippen LogP contribution in [-0.2, 0) is 14.8 Å². The Hall–Kier alpha value is -0.380. The number of nitrogens with one attached hydrogen (secondary N) is 2. The summed E-state index contributed by atoms with van der Waals surface area (Å²) in [6.07, 6.45) is 0. The van der Waals surface area contributed by atoms with Gasteiger partial charge in [-0.05, 0) is 28.1 Å². The molecule has 0 aliphatic heterocycles. The van der Waals surface area contributed by atoms with Crippen molar-refractivity contribution in [3.63, 3.8) is 0 Å². The van der Waals surface area contributed by atoms with Gasteiger partial charge in [0, 0.05) is 31.8 Å². The molecular weight excluding hydrogens is 384 g/mol. The van der Waals surface area contributed by atoms with Crippen molar-refractivity contribution in [2.24, 2.45) is 0 Å². The standard InChI is InChI=1S/C12H18BrClN2O4S/c1-19-6-5-15-3-4-16-21(17,18)11-8-9(14)7-10(13)12(11)20-2/h7-8,15-16H,3-6H2,1-2H3. The van der Waals surface area contributed by atoms with Crippen molar-refractivity contribution in [1.29, 1.82) is 0 Å². The number of benzene rings is 1. The van der Waals surface area contributed by atoms with Crippen molar-refractivity contribution in [3.8, 4) is 5.75 Å². The summed E-state index contributed by atoms with van der Waals surface area (Å²) in [6.45, 7) is 1.97. The Morgan fingerprint density at radius 3 is 2.57 bits per heavy atom. The van der Waals surface area contributed by atoms with E-state index < -0.39 is 10.0 Å². The van der Waals surface area contributed by atoms with Crippen LogP contribution in [-0.4, -0.2) is 48.9 Å². The van der Waals surface area contributed by atoms with Gasteiger partial charge in [0.25, 0.3) is 0 Å². The van der Waals surface area contributed by atoms with Gasteiger partial charge in [-0.15, -0.1) is 0 Å². The minimum absolute atomic E-state index is 0.00117. The average molecular weight is 402 g/mol. The first-order chi connectivity index (χ1) is 9.92. The number of rotatable bonds is 9. The molecule has 9 heteroatoms. The van der Waals surface area contributed by atoms with Crippen LogP contribution in [0.25, 0.3) is 0 Å². The fourth-order valence-electron chi connectivity index (χ4n) is 1.59. The predicted molar refractivity (Wildman–Crippen MR) is 85.6 cm³/mol. The second kappa shape index (κ2) is 8.92. The van der Waals surface area contributed by atoms with Crippen LogP contribution >= 0.6 is 27.5 Å². The Morgan fingerprint density at radius 2 is 1.95 bits per heavy atom. The molecule has 0 amide bonds. The molecule has 0 saturated heterocycles. The van der Waals surface area contributed by atoms with E-state index in [1.807, 2.05) is 0 Å². The lowest BCUT2D eigenvalue weighted by atomic mass is 10.3. The summed E-state index contributed by atoms with van der Waals surface area (Å²) in [4.78, 5) is 0.00117. The van der Waals surface area contributed by atoms with E-state index in [9.17, 15) is 8.42 Å². The van der Waals surface area contributed by atoms with Crippen LogP contribution < -0.4 is 14.8 Å². The van der Waals surface area contributed by atoms with Gasteiger partial charge in [0.15, 0.2) is 5.75 Å². The molecule has 0 unspecified atom stereocenters. The molecule has 0 spiro atoms. The summed E-state index contributed by atoms with van der Waals surface area (Å²) in [6, 6.07) is 2.93. The zero-order valence-corrected chi connectivity index (χ0v) is 14.9. The monoisotopic (exact) mass is 400 g/mol. The Bertz CT molecular complexity index is 569. The molecule has 0 atom stereocenters. The van der Waals surface area contributed by atoms with E-state index in [1.54, 1.807) is 13.2 Å². The normalized spacial score (nSPS) is 11.6. The molecule has 21 heavy (non-hydrogen) atoms. The molecule has 1 aromatic rings. The van der Waals surface area contributed by atoms with Gasteiger partial charge in [0.2, 0.25) is 10.0 Å². The number of halogens is 2. The van der Waals surface area contributed by atoms with Gasteiger partial charge in [-0.2, -0.15) is 0 Å². The number of ether oxygens (including phenoxy) is 2. The quantitative estimate of drug-likeness (QED) is 0.615. The first kappa shape index (κ1) is 18.7. The van der Waals surface area contributed by atoms with Crippen molar-refractivity contribution in [2.75, 3.05) is 40.5 Å². The van der Waals surface area contributed by atoms with Crippen LogP contribution in [0.1, 0.15) is 0 Å². The maximum absolute atomic E-state index is 12.3. The van der Waals surface area contributed by atoms with Gasteiger partial charge in [-0.25, -0.2) is 13.1 Å². The van der Waals surface area contributed by atoms with E-state index in [4.69, 9.17) is 21.1 Å². The Morgan fingerprint density at radius 1 is 1.24 bits per heavy atom. The van der Waals surface area contributed by atoms with Gasteiger partial charge in [-0.3, -0.25) is 0 Å². The molecular formula is C12H18BrClN2O4S. The van der Waals surface area contributed by atoms with Crippen LogP contribution in [0.4, 0.5) is 0 Å². The molecule has 0 heterocycles. The zero-order valence-electron chi connectivity index (χ0n) is 11.8. The summed E-state index contributed by atoms with van der Waals surface area (Å²) in [5.41, 5.74) is 0.